The van der Waals surface area contributed by atoms with Crippen molar-refractivity contribution in [3.05, 3.63) is 35.4 Å². The fourth-order valence-corrected chi connectivity index (χ4v) is 2.03. The van der Waals surface area contributed by atoms with Crippen molar-refractivity contribution in [3.8, 4) is 0 Å². The number of nitrogens with zero attached hydrogens (tertiary/aromatic N) is 1. The molecule has 2 aliphatic rings. The van der Waals surface area contributed by atoms with Crippen molar-refractivity contribution < 1.29 is 33.6 Å². The van der Waals surface area contributed by atoms with Crippen molar-refractivity contribution in [2.24, 2.45) is 0 Å². The maximum Gasteiger partial charge on any atom is 0.326 e. The standard InChI is InChI=1S/C13H11NO7/c15-10(18-6-11-19-7-20-21-11)5-14-12(16)8-3-1-2-4-9(8)13(14)17/h1-4,11H,5-7H2. The number of carbonyl (C=O) groups is 3. The summed E-state index contributed by atoms with van der Waals surface area (Å²) in [6.45, 7) is -0.678. The van der Waals surface area contributed by atoms with E-state index in [2.05, 4.69) is 9.78 Å². The number of amides is 2. The third kappa shape index (κ3) is 2.64. The van der Waals surface area contributed by atoms with Gasteiger partial charge in [-0.25, -0.2) is 4.89 Å². The Morgan fingerprint density at radius 3 is 2.48 bits per heavy atom. The molecule has 8 heteroatoms. The highest BCUT2D eigenvalue weighted by atomic mass is 17.3. The van der Waals surface area contributed by atoms with Crippen molar-refractivity contribution in [1.29, 1.82) is 0 Å². The van der Waals surface area contributed by atoms with E-state index in [1.807, 2.05) is 0 Å². The van der Waals surface area contributed by atoms with E-state index in [-0.39, 0.29) is 24.5 Å². The Labute approximate surface area is 119 Å². The second-order valence-corrected chi connectivity index (χ2v) is 4.35. The molecule has 0 saturated carbocycles. The Morgan fingerprint density at radius 2 is 1.90 bits per heavy atom. The summed E-state index contributed by atoms with van der Waals surface area (Å²) in [6, 6.07) is 6.39. The molecule has 110 valence electrons. The van der Waals surface area contributed by atoms with E-state index in [0.29, 0.717) is 0 Å². The second kappa shape index (κ2) is 5.60. The Kier molecular flexibility index (Phi) is 3.65. The molecule has 2 aliphatic heterocycles. The van der Waals surface area contributed by atoms with Crippen molar-refractivity contribution in [1.82, 2.24) is 4.90 Å². The van der Waals surface area contributed by atoms with Gasteiger partial charge in [0.15, 0.2) is 6.79 Å². The monoisotopic (exact) mass is 293 g/mol. The molecular formula is C13H11NO7. The van der Waals surface area contributed by atoms with Gasteiger partial charge in [0.1, 0.15) is 13.2 Å². The molecule has 0 spiro atoms. The lowest BCUT2D eigenvalue weighted by Gasteiger charge is -2.13. The summed E-state index contributed by atoms with van der Waals surface area (Å²) in [4.78, 5) is 45.7. The molecule has 1 saturated heterocycles. The van der Waals surface area contributed by atoms with Gasteiger partial charge in [0.2, 0.25) is 6.29 Å². The third-order valence-corrected chi connectivity index (χ3v) is 3.02. The number of carbonyl (C=O) groups excluding carboxylic acids is 3. The first kappa shape index (κ1) is 13.7. The van der Waals surface area contributed by atoms with Crippen LogP contribution in [-0.2, 0) is 24.0 Å². The maximum atomic E-state index is 12.0. The normalized spacial score (nSPS) is 20.8. The molecule has 0 bridgehead atoms. The minimum absolute atomic E-state index is 0.0410. The first-order valence-electron chi connectivity index (χ1n) is 6.17. The summed E-state index contributed by atoms with van der Waals surface area (Å²) in [6.07, 6.45) is -0.795. The Bertz CT molecular complexity index is 559. The summed E-state index contributed by atoms with van der Waals surface area (Å²) in [5, 5.41) is 0. The van der Waals surface area contributed by atoms with Crippen molar-refractivity contribution in [2.75, 3.05) is 19.9 Å². The molecule has 21 heavy (non-hydrogen) atoms. The average Bonchev–Trinajstić information content (AvgIpc) is 3.09. The van der Waals surface area contributed by atoms with Crippen LogP contribution in [0.2, 0.25) is 0 Å². The van der Waals surface area contributed by atoms with E-state index < -0.39 is 30.6 Å². The van der Waals surface area contributed by atoms with Crippen molar-refractivity contribution in [2.45, 2.75) is 6.29 Å². The van der Waals surface area contributed by atoms with E-state index in [0.717, 1.165) is 4.90 Å². The van der Waals surface area contributed by atoms with Crippen molar-refractivity contribution in [3.63, 3.8) is 0 Å². The quantitative estimate of drug-likeness (QED) is 0.441. The van der Waals surface area contributed by atoms with Crippen LogP contribution in [0.1, 0.15) is 20.7 Å². The van der Waals surface area contributed by atoms with Gasteiger partial charge in [0, 0.05) is 0 Å². The maximum absolute atomic E-state index is 12.0. The highest BCUT2D eigenvalue weighted by Gasteiger charge is 2.36. The molecule has 1 aromatic carbocycles. The number of rotatable bonds is 4. The van der Waals surface area contributed by atoms with Crippen LogP contribution in [0, 0.1) is 0 Å². The number of benzene rings is 1. The fourth-order valence-electron chi connectivity index (χ4n) is 2.03. The molecule has 0 aliphatic carbocycles. The third-order valence-electron chi connectivity index (χ3n) is 3.02. The predicted molar refractivity (Wildman–Crippen MR) is 64.7 cm³/mol. The molecule has 8 nitrogen and oxygen atoms in total. The second-order valence-electron chi connectivity index (χ2n) is 4.35. The molecule has 0 aromatic heterocycles. The van der Waals surface area contributed by atoms with E-state index in [4.69, 9.17) is 9.47 Å². The van der Waals surface area contributed by atoms with E-state index in [1.165, 1.54) is 0 Å². The first-order valence-corrected chi connectivity index (χ1v) is 6.17. The molecule has 2 heterocycles. The fraction of sp³-hybridized carbons (Fsp3) is 0.308. The average molecular weight is 293 g/mol. The summed E-state index contributed by atoms with van der Waals surface area (Å²) in [7, 11) is 0. The van der Waals surface area contributed by atoms with Gasteiger partial charge < -0.3 is 9.47 Å². The molecular weight excluding hydrogens is 282 g/mol. The molecule has 1 atom stereocenters. The lowest BCUT2D eigenvalue weighted by molar-refractivity contribution is -0.283. The predicted octanol–water partition coefficient (Wildman–Crippen LogP) is 0.0878. The highest BCUT2D eigenvalue weighted by molar-refractivity contribution is 6.22. The van der Waals surface area contributed by atoms with Crippen LogP contribution in [0.15, 0.2) is 24.3 Å². The zero-order valence-electron chi connectivity index (χ0n) is 10.8. The molecule has 1 aromatic rings. The van der Waals surface area contributed by atoms with Gasteiger partial charge in [-0.05, 0) is 12.1 Å². The Balaban J connectivity index is 1.59. The highest BCUT2D eigenvalue weighted by Crippen LogP contribution is 2.22. The largest absolute Gasteiger partial charge is 0.459 e. The topological polar surface area (TPSA) is 91.4 Å². The lowest BCUT2D eigenvalue weighted by atomic mass is 10.1. The molecule has 2 amide bonds. The van der Waals surface area contributed by atoms with Gasteiger partial charge in [-0.3, -0.25) is 19.3 Å². The molecule has 0 N–H and O–H groups in total. The molecule has 1 unspecified atom stereocenters. The van der Waals surface area contributed by atoms with Gasteiger partial charge in [-0.1, -0.05) is 12.1 Å². The minimum atomic E-state index is -0.795. The number of esters is 1. The van der Waals surface area contributed by atoms with E-state index in [9.17, 15) is 14.4 Å². The van der Waals surface area contributed by atoms with Crippen LogP contribution in [-0.4, -0.2) is 48.9 Å². The van der Waals surface area contributed by atoms with Crippen LogP contribution in [0.3, 0.4) is 0 Å². The van der Waals surface area contributed by atoms with Crippen LogP contribution in [0.5, 0.6) is 0 Å². The Hall–Kier alpha value is -2.29. The zero-order valence-corrected chi connectivity index (χ0v) is 10.8. The van der Waals surface area contributed by atoms with Crippen LogP contribution >= 0.6 is 0 Å². The summed E-state index contributed by atoms with van der Waals surface area (Å²) < 4.78 is 9.77. The Morgan fingerprint density at radius 1 is 1.24 bits per heavy atom. The minimum Gasteiger partial charge on any atom is -0.459 e. The SMILES string of the molecule is O=C(CN1C(=O)c2ccccc2C1=O)OCC1OCOO1. The van der Waals surface area contributed by atoms with Crippen molar-refractivity contribution >= 4 is 17.8 Å². The number of imide groups is 1. The summed E-state index contributed by atoms with van der Waals surface area (Å²) in [5.41, 5.74) is 0.567. The first-order chi connectivity index (χ1) is 10.2. The van der Waals surface area contributed by atoms with E-state index >= 15 is 0 Å². The number of hydrogen-bond acceptors (Lipinski definition) is 7. The molecule has 0 radical (unpaired) electrons. The van der Waals surface area contributed by atoms with E-state index in [1.54, 1.807) is 24.3 Å². The van der Waals surface area contributed by atoms with Gasteiger partial charge in [-0.15, -0.1) is 0 Å². The van der Waals surface area contributed by atoms with Gasteiger partial charge >= 0.3 is 5.97 Å². The number of ether oxygens (including phenoxy) is 2. The summed E-state index contributed by atoms with van der Waals surface area (Å²) >= 11 is 0. The van der Waals surface area contributed by atoms with Crippen LogP contribution < -0.4 is 0 Å². The lowest BCUT2D eigenvalue weighted by Crippen LogP contribution is -2.36. The smallest absolute Gasteiger partial charge is 0.326 e. The molecule has 3 rings (SSSR count). The van der Waals surface area contributed by atoms with Gasteiger partial charge in [-0.2, -0.15) is 4.89 Å². The zero-order chi connectivity index (χ0) is 14.8. The van der Waals surface area contributed by atoms with Crippen LogP contribution in [0.4, 0.5) is 0 Å². The summed E-state index contributed by atoms with van der Waals surface area (Å²) in [5.74, 6) is -1.75. The van der Waals surface area contributed by atoms with Gasteiger partial charge in [0.25, 0.3) is 11.8 Å². The number of hydrogen-bond donors (Lipinski definition) is 0. The number of fused-ring (bicyclic) bond motifs is 1. The van der Waals surface area contributed by atoms with Gasteiger partial charge in [0.05, 0.1) is 11.1 Å². The molecule has 1 fully saturated rings. The van der Waals surface area contributed by atoms with Crippen LogP contribution in [0.25, 0.3) is 0 Å².